The van der Waals surface area contributed by atoms with E-state index < -0.39 is 0 Å². The maximum atomic E-state index is 9.15. The number of benzene rings is 1. The summed E-state index contributed by atoms with van der Waals surface area (Å²) in [5, 5.41) is 9.91. The van der Waals surface area contributed by atoms with Gasteiger partial charge < -0.3 is 14.6 Å². The van der Waals surface area contributed by atoms with Gasteiger partial charge in [0.05, 0.1) is 13.7 Å². The minimum Gasteiger partial charge on any atom is -0.508 e. The lowest BCUT2D eigenvalue weighted by Crippen LogP contribution is -1.99. The molecule has 1 aromatic rings. The van der Waals surface area contributed by atoms with Gasteiger partial charge in [0.15, 0.2) is 11.5 Å². The van der Waals surface area contributed by atoms with Crippen molar-refractivity contribution in [3.8, 4) is 17.2 Å². The normalized spacial score (nSPS) is 9.69. The Hall–Kier alpha value is -0.900. The molecule has 0 atom stereocenters. The summed E-state index contributed by atoms with van der Waals surface area (Å²) in [6.07, 6.45) is 0. The standard InChI is InChI=1S/C9H11BrO3/c1-12-9-6-7(11)2-3-8(9)13-5-4-10/h2-3,6,11H,4-5H2,1H3. The summed E-state index contributed by atoms with van der Waals surface area (Å²) in [6.45, 7) is 0.571. The number of phenolic OH excluding ortho intramolecular Hbond substituents is 1. The van der Waals surface area contributed by atoms with E-state index >= 15 is 0 Å². The maximum absolute atomic E-state index is 9.15. The zero-order chi connectivity index (χ0) is 9.68. The first kappa shape index (κ1) is 10.2. The lowest BCUT2D eigenvalue weighted by molar-refractivity contribution is 0.312. The quantitative estimate of drug-likeness (QED) is 0.828. The molecule has 1 aromatic carbocycles. The first-order chi connectivity index (χ1) is 6.27. The molecule has 0 saturated heterocycles. The van der Waals surface area contributed by atoms with Crippen molar-refractivity contribution in [1.29, 1.82) is 0 Å². The highest BCUT2D eigenvalue weighted by atomic mass is 79.9. The lowest BCUT2D eigenvalue weighted by atomic mass is 10.3. The van der Waals surface area contributed by atoms with Gasteiger partial charge in [-0.3, -0.25) is 0 Å². The SMILES string of the molecule is COc1cc(O)ccc1OCCBr. The minimum atomic E-state index is 0.169. The van der Waals surface area contributed by atoms with Crippen LogP contribution in [0.25, 0.3) is 0 Å². The molecular weight excluding hydrogens is 236 g/mol. The number of hydrogen-bond acceptors (Lipinski definition) is 3. The summed E-state index contributed by atoms with van der Waals surface area (Å²) in [5.74, 6) is 1.35. The monoisotopic (exact) mass is 246 g/mol. The van der Waals surface area contributed by atoms with Crippen molar-refractivity contribution in [3.05, 3.63) is 18.2 Å². The van der Waals surface area contributed by atoms with Crippen molar-refractivity contribution < 1.29 is 14.6 Å². The molecule has 0 aliphatic rings. The van der Waals surface area contributed by atoms with Crippen molar-refractivity contribution in [3.63, 3.8) is 0 Å². The predicted molar refractivity (Wildman–Crippen MR) is 53.9 cm³/mol. The number of phenols is 1. The van der Waals surface area contributed by atoms with Crippen LogP contribution in [0.4, 0.5) is 0 Å². The summed E-state index contributed by atoms with van der Waals surface area (Å²) < 4.78 is 10.4. The van der Waals surface area contributed by atoms with Gasteiger partial charge in [0.2, 0.25) is 0 Å². The Morgan fingerprint density at radius 3 is 2.77 bits per heavy atom. The molecule has 0 aromatic heterocycles. The second kappa shape index (κ2) is 4.97. The number of aromatic hydroxyl groups is 1. The molecule has 0 spiro atoms. The number of halogens is 1. The van der Waals surface area contributed by atoms with Crippen molar-refractivity contribution in [2.24, 2.45) is 0 Å². The lowest BCUT2D eigenvalue weighted by Gasteiger charge is -2.09. The van der Waals surface area contributed by atoms with E-state index in [1.54, 1.807) is 12.1 Å². The predicted octanol–water partition coefficient (Wildman–Crippen LogP) is 2.17. The van der Waals surface area contributed by atoms with Crippen LogP contribution >= 0.6 is 15.9 Å². The van der Waals surface area contributed by atoms with Crippen LogP contribution in [-0.4, -0.2) is 24.2 Å². The van der Waals surface area contributed by atoms with Crippen LogP contribution in [0, 0.1) is 0 Å². The Labute approximate surface area is 85.4 Å². The van der Waals surface area contributed by atoms with E-state index in [1.807, 2.05) is 0 Å². The molecule has 0 saturated carbocycles. The van der Waals surface area contributed by atoms with Crippen molar-refractivity contribution >= 4 is 15.9 Å². The van der Waals surface area contributed by atoms with Crippen LogP contribution in [0.5, 0.6) is 17.2 Å². The van der Waals surface area contributed by atoms with Gasteiger partial charge in [-0.05, 0) is 12.1 Å². The summed E-state index contributed by atoms with van der Waals surface area (Å²) in [5.41, 5.74) is 0. The van der Waals surface area contributed by atoms with Crippen LogP contribution < -0.4 is 9.47 Å². The van der Waals surface area contributed by atoms with Crippen molar-refractivity contribution in [1.82, 2.24) is 0 Å². The van der Waals surface area contributed by atoms with E-state index in [9.17, 15) is 0 Å². The van der Waals surface area contributed by atoms with Gasteiger partial charge in [-0.25, -0.2) is 0 Å². The summed E-state index contributed by atoms with van der Waals surface area (Å²) in [6, 6.07) is 4.76. The average molecular weight is 247 g/mol. The topological polar surface area (TPSA) is 38.7 Å². The second-order valence-corrected chi connectivity index (χ2v) is 3.17. The fourth-order valence-electron chi connectivity index (χ4n) is 0.924. The molecule has 4 heteroatoms. The molecule has 3 nitrogen and oxygen atoms in total. The molecular formula is C9H11BrO3. The number of ether oxygens (including phenoxy) is 2. The maximum Gasteiger partial charge on any atom is 0.164 e. The summed E-state index contributed by atoms with van der Waals surface area (Å²) in [7, 11) is 1.54. The summed E-state index contributed by atoms with van der Waals surface area (Å²) in [4.78, 5) is 0. The zero-order valence-electron chi connectivity index (χ0n) is 7.29. The number of methoxy groups -OCH3 is 1. The van der Waals surface area contributed by atoms with Crippen LogP contribution in [0.15, 0.2) is 18.2 Å². The Balaban J connectivity index is 2.79. The van der Waals surface area contributed by atoms with Crippen LogP contribution in [0.2, 0.25) is 0 Å². The van der Waals surface area contributed by atoms with Crippen LogP contribution in [0.1, 0.15) is 0 Å². The van der Waals surface area contributed by atoms with E-state index in [0.29, 0.717) is 18.1 Å². The van der Waals surface area contributed by atoms with E-state index in [2.05, 4.69) is 15.9 Å². The first-order valence-corrected chi connectivity index (χ1v) is 4.96. The third-order valence-corrected chi connectivity index (χ3v) is 1.81. The highest BCUT2D eigenvalue weighted by molar-refractivity contribution is 9.09. The van der Waals surface area contributed by atoms with Gasteiger partial charge in [0.1, 0.15) is 5.75 Å². The third kappa shape index (κ3) is 2.81. The average Bonchev–Trinajstić information content (AvgIpc) is 2.16. The number of hydrogen-bond donors (Lipinski definition) is 1. The molecule has 1 N–H and O–H groups in total. The van der Waals surface area contributed by atoms with Crippen molar-refractivity contribution in [2.75, 3.05) is 19.0 Å². The van der Waals surface area contributed by atoms with Gasteiger partial charge in [-0.1, -0.05) is 15.9 Å². The molecule has 0 bridgehead atoms. The number of alkyl halides is 1. The Bertz CT molecular complexity index is 276. The van der Waals surface area contributed by atoms with Gasteiger partial charge in [-0.15, -0.1) is 0 Å². The van der Waals surface area contributed by atoms with Gasteiger partial charge in [0.25, 0.3) is 0 Å². The Kier molecular flexibility index (Phi) is 3.89. The second-order valence-electron chi connectivity index (χ2n) is 2.37. The van der Waals surface area contributed by atoms with Gasteiger partial charge >= 0.3 is 0 Å². The molecule has 72 valence electrons. The molecule has 0 radical (unpaired) electrons. The largest absolute Gasteiger partial charge is 0.508 e. The first-order valence-electron chi connectivity index (χ1n) is 3.83. The molecule has 0 aliphatic carbocycles. The fraction of sp³-hybridized carbons (Fsp3) is 0.333. The highest BCUT2D eigenvalue weighted by Gasteiger charge is 2.04. The van der Waals surface area contributed by atoms with E-state index in [-0.39, 0.29) is 5.75 Å². The highest BCUT2D eigenvalue weighted by Crippen LogP contribution is 2.30. The smallest absolute Gasteiger partial charge is 0.164 e. The molecule has 1 rings (SSSR count). The minimum absolute atomic E-state index is 0.169. The molecule has 0 aliphatic heterocycles. The third-order valence-electron chi connectivity index (χ3n) is 1.48. The fourth-order valence-corrected chi connectivity index (χ4v) is 1.09. The number of rotatable bonds is 4. The van der Waals surface area contributed by atoms with E-state index in [4.69, 9.17) is 14.6 Å². The van der Waals surface area contributed by atoms with E-state index in [1.165, 1.54) is 13.2 Å². The Morgan fingerprint density at radius 1 is 1.38 bits per heavy atom. The van der Waals surface area contributed by atoms with Crippen LogP contribution in [-0.2, 0) is 0 Å². The van der Waals surface area contributed by atoms with Crippen LogP contribution in [0.3, 0.4) is 0 Å². The van der Waals surface area contributed by atoms with E-state index in [0.717, 1.165) is 5.33 Å². The molecule has 0 heterocycles. The Morgan fingerprint density at radius 2 is 2.15 bits per heavy atom. The zero-order valence-corrected chi connectivity index (χ0v) is 8.87. The van der Waals surface area contributed by atoms with Crippen molar-refractivity contribution in [2.45, 2.75) is 0 Å². The molecule has 0 amide bonds. The van der Waals surface area contributed by atoms with Gasteiger partial charge in [0, 0.05) is 11.4 Å². The summed E-state index contributed by atoms with van der Waals surface area (Å²) >= 11 is 3.25. The molecule has 13 heavy (non-hydrogen) atoms. The molecule has 0 fully saturated rings. The van der Waals surface area contributed by atoms with Gasteiger partial charge in [-0.2, -0.15) is 0 Å². The molecule has 0 unspecified atom stereocenters.